The fraction of sp³-hybridized carbons (Fsp3) is 0.833. The van der Waals surface area contributed by atoms with Crippen molar-refractivity contribution in [3.8, 4) is 0 Å². The molecule has 1 amide bonds. The van der Waals surface area contributed by atoms with Crippen LogP contribution in [0.2, 0.25) is 0 Å². The van der Waals surface area contributed by atoms with Gasteiger partial charge in [-0.25, -0.2) is 0 Å². The zero-order chi connectivity index (χ0) is 15.6. The number of ether oxygens (including phenoxy) is 1. The van der Waals surface area contributed by atoms with Gasteiger partial charge < -0.3 is 15.4 Å². The lowest BCUT2D eigenvalue weighted by Gasteiger charge is -2.32. The molecule has 1 unspecified atom stereocenters. The van der Waals surface area contributed by atoms with Crippen LogP contribution >= 0.6 is 0 Å². The van der Waals surface area contributed by atoms with Crippen molar-refractivity contribution >= 4 is 11.9 Å². The number of carbonyl (C=O) groups excluding carboxylic acids is 2. The molecule has 1 fully saturated rings. The van der Waals surface area contributed by atoms with Gasteiger partial charge in [0, 0.05) is 6.54 Å². The number of methoxy groups -OCH3 is 1. The zero-order valence-electron chi connectivity index (χ0n) is 11.5. The van der Waals surface area contributed by atoms with E-state index in [1.54, 1.807) is 0 Å². The van der Waals surface area contributed by atoms with E-state index in [4.69, 9.17) is 5.73 Å². The number of nitrogens with zero attached hydrogens (tertiary/aromatic N) is 1. The molecule has 5 nitrogen and oxygen atoms in total. The molecule has 0 radical (unpaired) electrons. The van der Waals surface area contributed by atoms with Gasteiger partial charge in [0.1, 0.15) is 6.54 Å². The lowest BCUT2D eigenvalue weighted by atomic mass is 9.95. The van der Waals surface area contributed by atoms with E-state index in [1.807, 2.05) is 0 Å². The van der Waals surface area contributed by atoms with Gasteiger partial charge in [0.25, 0.3) is 0 Å². The third kappa shape index (κ3) is 4.66. The maximum Gasteiger partial charge on any atom is 0.406 e. The average molecular weight is 296 g/mol. The standard InChI is InChI=1S/C12H19F3N2O3/c1-11(16,8-3-4-8)10(19)17(7-12(13,14)15)6-5-9(18)20-2/h8H,3-7,16H2,1-2H3. The Morgan fingerprint density at radius 3 is 2.30 bits per heavy atom. The van der Waals surface area contributed by atoms with Crippen LogP contribution in [-0.2, 0) is 14.3 Å². The van der Waals surface area contributed by atoms with Gasteiger partial charge in [-0.15, -0.1) is 0 Å². The molecule has 1 atom stereocenters. The molecule has 1 rings (SSSR count). The summed E-state index contributed by atoms with van der Waals surface area (Å²) in [4.78, 5) is 23.8. The van der Waals surface area contributed by atoms with Gasteiger partial charge in [0.2, 0.25) is 5.91 Å². The highest BCUT2D eigenvalue weighted by Crippen LogP contribution is 2.39. The summed E-state index contributed by atoms with van der Waals surface area (Å²) < 4.78 is 41.9. The summed E-state index contributed by atoms with van der Waals surface area (Å²) in [6, 6.07) is 0. The van der Waals surface area contributed by atoms with E-state index in [2.05, 4.69) is 4.74 Å². The van der Waals surface area contributed by atoms with Crippen molar-refractivity contribution in [2.75, 3.05) is 20.2 Å². The number of carbonyl (C=O) groups is 2. The fourth-order valence-corrected chi connectivity index (χ4v) is 2.00. The molecule has 0 aliphatic heterocycles. The third-order valence-electron chi connectivity index (χ3n) is 3.36. The molecule has 0 saturated heterocycles. The Morgan fingerprint density at radius 1 is 1.35 bits per heavy atom. The second-order valence-corrected chi connectivity index (χ2v) is 5.22. The van der Waals surface area contributed by atoms with E-state index < -0.39 is 30.1 Å². The largest absolute Gasteiger partial charge is 0.469 e. The Bertz CT molecular complexity index is 379. The van der Waals surface area contributed by atoms with E-state index >= 15 is 0 Å². The lowest BCUT2D eigenvalue weighted by molar-refractivity contribution is -0.166. The number of hydrogen-bond donors (Lipinski definition) is 1. The van der Waals surface area contributed by atoms with Gasteiger partial charge >= 0.3 is 12.1 Å². The second kappa shape index (κ2) is 5.99. The molecule has 0 heterocycles. The molecule has 2 N–H and O–H groups in total. The fourth-order valence-electron chi connectivity index (χ4n) is 2.00. The van der Waals surface area contributed by atoms with E-state index in [1.165, 1.54) is 6.92 Å². The van der Waals surface area contributed by atoms with E-state index in [-0.39, 0.29) is 18.9 Å². The number of amides is 1. The van der Waals surface area contributed by atoms with E-state index in [0.717, 1.165) is 20.0 Å². The highest BCUT2D eigenvalue weighted by Gasteiger charge is 2.47. The van der Waals surface area contributed by atoms with Crippen LogP contribution in [0.3, 0.4) is 0 Å². The molecule has 1 aliphatic carbocycles. The quantitative estimate of drug-likeness (QED) is 0.744. The number of nitrogens with two attached hydrogens (primary N) is 1. The first-order valence-corrected chi connectivity index (χ1v) is 6.29. The summed E-state index contributed by atoms with van der Waals surface area (Å²) in [5.74, 6) is -1.54. The van der Waals surface area contributed by atoms with Crippen molar-refractivity contribution in [3.63, 3.8) is 0 Å². The Balaban J connectivity index is 2.75. The van der Waals surface area contributed by atoms with Gasteiger partial charge in [-0.2, -0.15) is 13.2 Å². The summed E-state index contributed by atoms with van der Waals surface area (Å²) in [6.45, 7) is -0.332. The molecular weight excluding hydrogens is 277 g/mol. The summed E-state index contributed by atoms with van der Waals surface area (Å²) in [7, 11) is 1.13. The number of esters is 1. The number of hydrogen-bond acceptors (Lipinski definition) is 4. The van der Waals surface area contributed by atoms with Crippen LogP contribution < -0.4 is 5.73 Å². The Hall–Kier alpha value is -1.31. The highest BCUT2D eigenvalue weighted by molar-refractivity contribution is 5.87. The van der Waals surface area contributed by atoms with Crippen LogP contribution in [0.25, 0.3) is 0 Å². The second-order valence-electron chi connectivity index (χ2n) is 5.22. The third-order valence-corrected chi connectivity index (χ3v) is 3.36. The van der Waals surface area contributed by atoms with Gasteiger partial charge in [-0.1, -0.05) is 0 Å². The van der Waals surface area contributed by atoms with Crippen LogP contribution in [0.5, 0.6) is 0 Å². The molecule has 20 heavy (non-hydrogen) atoms. The summed E-state index contributed by atoms with van der Waals surface area (Å²) in [5.41, 5.74) is 4.53. The van der Waals surface area contributed by atoms with Crippen LogP contribution in [0.15, 0.2) is 0 Å². The monoisotopic (exact) mass is 296 g/mol. The Kier molecular flexibility index (Phi) is 5.01. The molecule has 1 saturated carbocycles. The number of halogens is 3. The Labute approximate surface area is 115 Å². The predicted molar refractivity (Wildman–Crippen MR) is 64.6 cm³/mol. The van der Waals surface area contributed by atoms with Crippen LogP contribution in [0.4, 0.5) is 13.2 Å². The molecule has 0 aromatic carbocycles. The first kappa shape index (κ1) is 16.7. The minimum absolute atomic E-state index is 0.0936. The number of rotatable bonds is 6. The zero-order valence-corrected chi connectivity index (χ0v) is 11.5. The van der Waals surface area contributed by atoms with Gasteiger partial charge in [-0.05, 0) is 25.7 Å². The van der Waals surface area contributed by atoms with Crippen molar-refractivity contribution in [2.24, 2.45) is 11.7 Å². The maximum atomic E-state index is 12.5. The van der Waals surface area contributed by atoms with Crippen molar-refractivity contribution in [3.05, 3.63) is 0 Å². The SMILES string of the molecule is COC(=O)CCN(CC(F)(F)F)C(=O)C(C)(N)C1CC1. The minimum Gasteiger partial charge on any atom is -0.469 e. The molecule has 0 aromatic rings. The summed E-state index contributed by atoms with van der Waals surface area (Å²) in [6.07, 6.45) is -3.37. The van der Waals surface area contributed by atoms with Crippen LogP contribution in [-0.4, -0.2) is 48.7 Å². The topological polar surface area (TPSA) is 72.6 Å². The molecule has 0 bridgehead atoms. The molecule has 0 aromatic heterocycles. The highest BCUT2D eigenvalue weighted by atomic mass is 19.4. The van der Waals surface area contributed by atoms with Gasteiger partial charge in [0.05, 0.1) is 19.1 Å². The first-order chi connectivity index (χ1) is 9.08. The first-order valence-electron chi connectivity index (χ1n) is 6.29. The molecule has 0 spiro atoms. The predicted octanol–water partition coefficient (Wildman–Crippen LogP) is 1.07. The van der Waals surface area contributed by atoms with Crippen molar-refractivity contribution in [1.29, 1.82) is 0 Å². The minimum atomic E-state index is -4.54. The Morgan fingerprint density at radius 2 is 1.90 bits per heavy atom. The van der Waals surface area contributed by atoms with Crippen molar-refractivity contribution in [2.45, 2.75) is 37.9 Å². The van der Waals surface area contributed by atoms with Crippen molar-refractivity contribution in [1.82, 2.24) is 4.90 Å². The van der Waals surface area contributed by atoms with Crippen LogP contribution in [0.1, 0.15) is 26.2 Å². The maximum absolute atomic E-state index is 12.5. The van der Waals surface area contributed by atoms with Gasteiger partial charge in [0.15, 0.2) is 0 Å². The molecule has 1 aliphatic rings. The summed E-state index contributed by atoms with van der Waals surface area (Å²) in [5, 5.41) is 0. The molecular formula is C12H19F3N2O3. The lowest BCUT2D eigenvalue weighted by Crippen LogP contribution is -2.56. The van der Waals surface area contributed by atoms with E-state index in [0.29, 0.717) is 4.90 Å². The normalized spacial score (nSPS) is 18.3. The van der Waals surface area contributed by atoms with E-state index in [9.17, 15) is 22.8 Å². The smallest absolute Gasteiger partial charge is 0.406 e. The van der Waals surface area contributed by atoms with Crippen molar-refractivity contribution < 1.29 is 27.5 Å². The average Bonchev–Trinajstić information content (AvgIpc) is 3.15. The number of alkyl halides is 3. The molecule has 8 heteroatoms. The molecule has 116 valence electrons. The van der Waals surface area contributed by atoms with Crippen LogP contribution in [0, 0.1) is 5.92 Å². The van der Waals surface area contributed by atoms with Gasteiger partial charge in [-0.3, -0.25) is 9.59 Å². The summed E-state index contributed by atoms with van der Waals surface area (Å²) >= 11 is 0.